The van der Waals surface area contributed by atoms with E-state index in [0.717, 1.165) is 7.11 Å². The molecule has 0 bridgehead atoms. The zero-order chi connectivity index (χ0) is 9.07. The van der Waals surface area contributed by atoms with Crippen molar-refractivity contribution >= 4 is 5.78 Å². The van der Waals surface area contributed by atoms with Gasteiger partial charge in [-0.15, -0.1) is 0 Å². The molecule has 5 heteroatoms. The molecule has 66 valence electrons. The standard InChI is InChI=1S/C6H9F3O2/c1-3-4(11-2)5(10)6(7,8)9/h4H,3H2,1-2H3. The first-order valence-electron chi connectivity index (χ1n) is 3.07. The summed E-state index contributed by atoms with van der Waals surface area (Å²) in [5.41, 5.74) is 0. The lowest BCUT2D eigenvalue weighted by Crippen LogP contribution is -2.35. The molecule has 2 nitrogen and oxygen atoms in total. The molecule has 0 saturated heterocycles. The molecular formula is C6H9F3O2. The van der Waals surface area contributed by atoms with Crippen LogP contribution in [-0.2, 0) is 9.53 Å². The van der Waals surface area contributed by atoms with Crippen LogP contribution in [0.2, 0.25) is 0 Å². The molecule has 0 amide bonds. The van der Waals surface area contributed by atoms with E-state index in [4.69, 9.17) is 0 Å². The third kappa shape index (κ3) is 2.88. The molecule has 0 saturated carbocycles. The highest BCUT2D eigenvalue weighted by Crippen LogP contribution is 2.20. The Bertz CT molecular complexity index is 137. The highest BCUT2D eigenvalue weighted by atomic mass is 19.4. The van der Waals surface area contributed by atoms with Crippen molar-refractivity contribution in [2.45, 2.75) is 25.6 Å². The molecule has 0 N–H and O–H groups in total. The second-order valence-corrected chi connectivity index (χ2v) is 1.99. The number of ketones is 1. The zero-order valence-corrected chi connectivity index (χ0v) is 6.23. The molecule has 1 unspecified atom stereocenters. The lowest BCUT2D eigenvalue weighted by molar-refractivity contribution is -0.181. The fourth-order valence-electron chi connectivity index (χ4n) is 0.642. The van der Waals surface area contributed by atoms with Crippen LogP contribution in [-0.4, -0.2) is 25.2 Å². The topological polar surface area (TPSA) is 26.3 Å². The number of hydrogen-bond donors (Lipinski definition) is 0. The average molecular weight is 170 g/mol. The Labute approximate surface area is 62.3 Å². The van der Waals surface area contributed by atoms with Crippen LogP contribution >= 0.6 is 0 Å². The van der Waals surface area contributed by atoms with Gasteiger partial charge in [-0.1, -0.05) is 6.92 Å². The summed E-state index contributed by atoms with van der Waals surface area (Å²) >= 11 is 0. The minimum atomic E-state index is -4.78. The van der Waals surface area contributed by atoms with Crippen LogP contribution in [0.25, 0.3) is 0 Å². The van der Waals surface area contributed by atoms with Gasteiger partial charge in [0.15, 0.2) is 0 Å². The maximum Gasteiger partial charge on any atom is 0.452 e. The van der Waals surface area contributed by atoms with Crippen molar-refractivity contribution in [1.82, 2.24) is 0 Å². The van der Waals surface area contributed by atoms with Crippen LogP contribution in [0.3, 0.4) is 0 Å². The Morgan fingerprint density at radius 2 is 2.00 bits per heavy atom. The van der Waals surface area contributed by atoms with Crippen molar-refractivity contribution in [3.63, 3.8) is 0 Å². The number of halogens is 3. The van der Waals surface area contributed by atoms with Gasteiger partial charge in [-0.3, -0.25) is 4.79 Å². The van der Waals surface area contributed by atoms with E-state index in [9.17, 15) is 18.0 Å². The minimum Gasteiger partial charge on any atom is -0.373 e. The molecule has 1 atom stereocenters. The molecule has 0 aromatic carbocycles. The van der Waals surface area contributed by atoms with Crippen molar-refractivity contribution in [2.24, 2.45) is 0 Å². The van der Waals surface area contributed by atoms with Crippen molar-refractivity contribution < 1.29 is 22.7 Å². The molecule has 0 aromatic heterocycles. The molecule has 11 heavy (non-hydrogen) atoms. The van der Waals surface area contributed by atoms with E-state index in [1.54, 1.807) is 0 Å². The smallest absolute Gasteiger partial charge is 0.373 e. The zero-order valence-electron chi connectivity index (χ0n) is 6.23. The summed E-state index contributed by atoms with van der Waals surface area (Å²) in [6.45, 7) is 1.46. The Kier molecular flexibility index (Phi) is 3.51. The summed E-state index contributed by atoms with van der Waals surface area (Å²) in [5, 5.41) is 0. The lowest BCUT2D eigenvalue weighted by atomic mass is 10.2. The number of alkyl halides is 3. The molecule has 0 aliphatic carbocycles. The van der Waals surface area contributed by atoms with Gasteiger partial charge in [0.1, 0.15) is 6.10 Å². The lowest BCUT2D eigenvalue weighted by Gasteiger charge is -2.12. The predicted octanol–water partition coefficient (Wildman–Crippen LogP) is 1.54. The first kappa shape index (κ1) is 10.4. The summed E-state index contributed by atoms with van der Waals surface area (Å²) in [4.78, 5) is 10.4. The van der Waals surface area contributed by atoms with Gasteiger partial charge in [-0.05, 0) is 6.42 Å². The first-order valence-corrected chi connectivity index (χ1v) is 3.07. The number of hydrogen-bond acceptors (Lipinski definition) is 2. The summed E-state index contributed by atoms with van der Waals surface area (Å²) < 4.78 is 39.2. The number of carbonyl (C=O) groups is 1. The summed E-state index contributed by atoms with van der Waals surface area (Å²) in [5.74, 6) is -1.82. The second-order valence-electron chi connectivity index (χ2n) is 1.99. The van der Waals surface area contributed by atoms with Gasteiger partial charge < -0.3 is 4.74 Å². The molecule has 0 rings (SSSR count). The van der Waals surface area contributed by atoms with E-state index in [0.29, 0.717) is 0 Å². The molecule has 0 spiro atoms. The molecule has 0 aliphatic heterocycles. The highest BCUT2D eigenvalue weighted by Gasteiger charge is 2.42. The average Bonchev–Trinajstić information content (AvgIpc) is 1.88. The largest absolute Gasteiger partial charge is 0.452 e. The van der Waals surface area contributed by atoms with Gasteiger partial charge in [-0.2, -0.15) is 13.2 Å². The highest BCUT2D eigenvalue weighted by molar-refractivity contribution is 5.88. The van der Waals surface area contributed by atoms with E-state index in [-0.39, 0.29) is 6.42 Å². The Balaban J connectivity index is 4.22. The molecule has 0 aromatic rings. The monoisotopic (exact) mass is 170 g/mol. The summed E-state index contributed by atoms with van der Waals surface area (Å²) in [6, 6.07) is 0. The molecule has 0 radical (unpaired) electrons. The third-order valence-electron chi connectivity index (χ3n) is 1.23. The summed E-state index contributed by atoms with van der Waals surface area (Å²) in [7, 11) is 1.08. The van der Waals surface area contributed by atoms with Crippen molar-refractivity contribution in [3.05, 3.63) is 0 Å². The minimum absolute atomic E-state index is 0.0366. The molecule has 0 heterocycles. The molecular weight excluding hydrogens is 161 g/mol. The van der Waals surface area contributed by atoms with Crippen LogP contribution < -0.4 is 0 Å². The maximum atomic E-state index is 11.6. The van der Waals surface area contributed by atoms with Gasteiger partial charge in [-0.25, -0.2) is 0 Å². The van der Waals surface area contributed by atoms with Crippen molar-refractivity contribution in [2.75, 3.05) is 7.11 Å². The van der Waals surface area contributed by atoms with E-state index < -0.39 is 18.1 Å². The third-order valence-corrected chi connectivity index (χ3v) is 1.23. The fraction of sp³-hybridized carbons (Fsp3) is 0.833. The molecule has 0 aliphatic rings. The first-order chi connectivity index (χ1) is 4.93. The molecule has 0 fully saturated rings. The Morgan fingerprint density at radius 1 is 1.55 bits per heavy atom. The number of carbonyl (C=O) groups excluding carboxylic acids is 1. The van der Waals surface area contributed by atoms with Gasteiger partial charge in [0.25, 0.3) is 5.78 Å². The predicted molar refractivity (Wildman–Crippen MR) is 32.1 cm³/mol. The summed E-state index contributed by atoms with van der Waals surface area (Å²) in [6.07, 6.45) is -6.10. The van der Waals surface area contributed by atoms with Crippen molar-refractivity contribution in [1.29, 1.82) is 0 Å². The maximum absolute atomic E-state index is 11.6. The number of ether oxygens (including phenoxy) is 1. The van der Waals surface area contributed by atoms with E-state index in [1.807, 2.05) is 0 Å². The fourth-order valence-corrected chi connectivity index (χ4v) is 0.642. The van der Waals surface area contributed by atoms with Gasteiger partial charge in [0.2, 0.25) is 0 Å². The van der Waals surface area contributed by atoms with Crippen LogP contribution in [0.15, 0.2) is 0 Å². The number of methoxy groups -OCH3 is 1. The Hall–Kier alpha value is -0.580. The van der Waals surface area contributed by atoms with E-state index in [2.05, 4.69) is 4.74 Å². The van der Waals surface area contributed by atoms with Crippen LogP contribution in [0.5, 0.6) is 0 Å². The normalized spacial score (nSPS) is 14.6. The van der Waals surface area contributed by atoms with Crippen LogP contribution in [0.1, 0.15) is 13.3 Å². The van der Waals surface area contributed by atoms with Crippen molar-refractivity contribution in [3.8, 4) is 0 Å². The number of rotatable bonds is 3. The van der Waals surface area contributed by atoms with E-state index >= 15 is 0 Å². The SMILES string of the molecule is CCC(OC)C(=O)C(F)(F)F. The van der Waals surface area contributed by atoms with Gasteiger partial charge in [0.05, 0.1) is 0 Å². The van der Waals surface area contributed by atoms with Crippen LogP contribution in [0.4, 0.5) is 13.2 Å². The van der Waals surface area contributed by atoms with Crippen LogP contribution in [0, 0.1) is 0 Å². The quantitative estimate of drug-likeness (QED) is 0.642. The second kappa shape index (κ2) is 3.71. The van der Waals surface area contributed by atoms with Gasteiger partial charge in [0, 0.05) is 7.11 Å². The van der Waals surface area contributed by atoms with Gasteiger partial charge >= 0.3 is 6.18 Å². The van der Waals surface area contributed by atoms with E-state index in [1.165, 1.54) is 6.92 Å². The Morgan fingerprint density at radius 3 is 2.09 bits per heavy atom. The number of Topliss-reactive ketones (excluding diaryl/α,β-unsaturated/α-hetero) is 1.